The number of nitro benzene ring substituents is 1. The van der Waals surface area contributed by atoms with Crippen LogP contribution in [0.3, 0.4) is 0 Å². The number of pyridine rings is 1. The Hall–Kier alpha value is -2.96. The van der Waals surface area contributed by atoms with Crippen LogP contribution in [-0.4, -0.2) is 15.7 Å². The van der Waals surface area contributed by atoms with E-state index in [0.29, 0.717) is 11.1 Å². The Labute approximate surface area is 114 Å². The summed E-state index contributed by atoms with van der Waals surface area (Å²) in [5.41, 5.74) is 6.18. The highest BCUT2D eigenvalue weighted by molar-refractivity contribution is 5.94. The van der Waals surface area contributed by atoms with E-state index in [1.54, 1.807) is 25.1 Å². The molecule has 20 heavy (non-hydrogen) atoms. The van der Waals surface area contributed by atoms with Crippen molar-refractivity contribution in [3.05, 3.63) is 57.8 Å². The summed E-state index contributed by atoms with van der Waals surface area (Å²) < 4.78 is 5.42. The van der Waals surface area contributed by atoms with Crippen LogP contribution < -0.4 is 10.5 Å². The van der Waals surface area contributed by atoms with Gasteiger partial charge in [-0.15, -0.1) is 0 Å². The molecule has 3 N–H and O–H groups in total. The number of rotatable bonds is 4. The lowest BCUT2D eigenvalue weighted by atomic mass is 10.2. The van der Waals surface area contributed by atoms with Crippen LogP contribution in [0.5, 0.6) is 11.6 Å². The number of nitrogens with one attached hydrogen (secondary N) is 1. The second-order valence-corrected chi connectivity index (χ2v) is 4.08. The zero-order chi connectivity index (χ0) is 14.7. The molecule has 0 amide bonds. The Bertz CT molecular complexity index is 668. The van der Waals surface area contributed by atoms with Gasteiger partial charge in [-0.3, -0.25) is 15.5 Å². The first-order valence-electron chi connectivity index (χ1n) is 5.71. The second kappa shape index (κ2) is 5.35. The minimum atomic E-state index is -0.491. The molecule has 7 heteroatoms. The molecule has 0 fully saturated rings. The first-order chi connectivity index (χ1) is 9.49. The number of aryl methyl sites for hydroxylation is 1. The fourth-order valence-corrected chi connectivity index (χ4v) is 1.66. The predicted molar refractivity (Wildman–Crippen MR) is 73.2 cm³/mol. The maximum absolute atomic E-state index is 11.0. The van der Waals surface area contributed by atoms with Crippen LogP contribution in [0, 0.1) is 22.4 Å². The Morgan fingerprint density at radius 2 is 2.15 bits per heavy atom. The molecule has 0 spiro atoms. The molecule has 7 nitrogen and oxygen atoms in total. The summed E-state index contributed by atoms with van der Waals surface area (Å²) in [6.45, 7) is 1.64. The number of benzene rings is 1. The molecule has 2 aromatic rings. The van der Waals surface area contributed by atoms with Crippen molar-refractivity contribution in [3.8, 4) is 11.6 Å². The molecule has 0 aliphatic rings. The van der Waals surface area contributed by atoms with Gasteiger partial charge in [-0.25, -0.2) is 4.98 Å². The molecule has 1 aromatic heterocycles. The number of nitrogens with two attached hydrogens (primary N) is 1. The molecular formula is C13H12N4O3. The molecule has 2 rings (SSSR count). The molecule has 1 heterocycles. The molecule has 0 unspecified atom stereocenters. The Kier molecular flexibility index (Phi) is 3.60. The van der Waals surface area contributed by atoms with E-state index in [1.807, 2.05) is 0 Å². The Balaban J connectivity index is 2.33. The molecule has 102 valence electrons. The van der Waals surface area contributed by atoms with Crippen LogP contribution in [0.4, 0.5) is 5.69 Å². The van der Waals surface area contributed by atoms with Gasteiger partial charge in [-0.1, -0.05) is 12.1 Å². The van der Waals surface area contributed by atoms with E-state index in [1.165, 1.54) is 18.3 Å². The fraction of sp³-hybridized carbons (Fsp3) is 0.0769. The lowest BCUT2D eigenvalue weighted by Crippen LogP contribution is -2.11. The van der Waals surface area contributed by atoms with Gasteiger partial charge in [0.05, 0.1) is 4.92 Å². The molecule has 0 aliphatic heterocycles. The van der Waals surface area contributed by atoms with Crippen LogP contribution in [0.15, 0.2) is 36.5 Å². The van der Waals surface area contributed by atoms with E-state index in [0.717, 1.165) is 0 Å². The standard InChI is InChI=1S/C13H12N4O3/c1-8-3-2-4-10(12(8)17(18)19)20-11-6-5-9(7-16-11)13(14)15/h2-7H,1H3,(H3,14,15). The molecule has 1 aromatic carbocycles. The minimum absolute atomic E-state index is 0.0926. The molecule has 0 bridgehead atoms. The van der Waals surface area contributed by atoms with Crippen molar-refractivity contribution in [1.29, 1.82) is 5.41 Å². The zero-order valence-electron chi connectivity index (χ0n) is 10.7. The van der Waals surface area contributed by atoms with Crippen molar-refractivity contribution < 1.29 is 9.66 Å². The first kappa shape index (κ1) is 13.5. The zero-order valence-corrected chi connectivity index (χ0v) is 10.7. The van der Waals surface area contributed by atoms with Crippen molar-refractivity contribution >= 4 is 11.5 Å². The number of ether oxygens (including phenoxy) is 1. The van der Waals surface area contributed by atoms with Gasteiger partial charge in [0.2, 0.25) is 11.6 Å². The van der Waals surface area contributed by atoms with E-state index in [9.17, 15) is 10.1 Å². The van der Waals surface area contributed by atoms with Gasteiger partial charge in [-0.2, -0.15) is 0 Å². The van der Waals surface area contributed by atoms with Crippen molar-refractivity contribution in [1.82, 2.24) is 4.98 Å². The number of hydrogen-bond donors (Lipinski definition) is 2. The van der Waals surface area contributed by atoms with Crippen LogP contribution in [0.1, 0.15) is 11.1 Å². The van der Waals surface area contributed by atoms with Gasteiger partial charge in [-0.05, 0) is 19.1 Å². The van der Waals surface area contributed by atoms with Gasteiger partial charge >= 0.3 is 5.69 Å². The highest BCUT2D eigenvalue weighted by Crippen LogP contribution is 2.33. The largest absolute Gasteiger partial charge is 0.432 e. The van der Waals surface area contributed by atoms with E-state index in [2.05, 4.69) is 4.98 Å². The Morgan fingerprint density at radius 1 is 1.40 bits per heavy atom. The lowest BCUT2D eigenvalue weighted by molar-refractivity contribution is -0.386. The Morgan fingerprint density at radius 3 is 2.70 bits per heavy atom. The topological polar surface area (TPSA) is 115 Å². The summed E-state index contributed by atoms with van der Waals surface area (Å²) in [5, 5.41) is 18.3. The summed E-state index contributed by atoms with van der Waals surface area (Å²) >= 11 is 0. The lowest BCUT2D eigenvalue weighted by Gasteiger charge is -2.07. The van der Waals surface area contributed by atoms with Crippen molar-refractivity contribution in [2.75, 3.05) is 0 Å². The third-order valence-corrected chi connectivity index (χ3v) is 2.65. The van der Waals surface area contributed by atoms with E-state index in [4.69, 9.17) is 15.9 Å². The van der Waals surface area contributed by atoms with Gasteiger partial charge in [0.25, 0.3) is 0 Å². The second-order valence-electron chi connectivity index (χ2n) is 4.08. The third kappa shape index (κ3) is 2.72. The minimum Gasteiger partial charge on any atom is -0.432 e. The number of aromatic nitrogens is 1. The summed E-state index contributed by atoms with van der Waals surface area (Å²) in [6.07, 6.45) is 1.37. The van der Waals surface area contributed by atoms with Crippen LogP contribution >= 0.6 is 0 Å². The average Bonchev–Trinajstić information content (AvgIpc) is 2.39. The van der Waals surface area contributed by atoms with Gasteiger partial charge in [0.15, 0.2) is 0 Å². The summed E-state index contributed by atoms with van der Waals surface area (Å²) in [6, 6.07) is 7.87. The highest BCUT2D eigenvalue weighted by Gasteiger charge is 2.19. The highest BCUT2D eigenvalue weighted by atomic mass is 16.6. The quantitative estimate of drug-likeness (QED) is 0.383. The smallest absolute Gasteiger partial charge is 0.314 e. The number of nitro groups is 1. The number of para-hydroxylation sites is 1. The molecule has 0 aliphatic carbocycles. The number of nitrogen functional groups attached to an aromatic ring is 1. The van der Waals surface area contributed by atoms with Crippen molar-refractivity contribution in [2.45, 2.75) is 6.92 Å². The SMILES string of the molecule is Cc1cccc(Oc2ccc(C(=N)N)cn2)c1[N+](=O)[O-]. The number of hydrogen-bond acceptors (Lipinski definition) is 5. The first-order valence-corrected chi connectivity index (χ1v) is 5.71. The van der Waals surface area contributed by atoms with Gasteiger partial charge in [0.1, 0.15) is 5.84 Å². The van der Waals surface area contributed by atoms with E-state index >= 15 is 0 Å². The third-order valence-electron chi connectivity index (χ3n) is 2.65. The summed E-state index contributed by atoms with van der Waals surface area (Å²) in [4.78, 5) is 14.5. The van der Waals surface area contributed by atoms with E-state index < -0.39 is 4.92 Å². The van der Waals surface area contributed by atoms with Gasteiger partial charge < -0.3 is 10.5 Å². The normalized spacial score (nSPS) is 10.1. The molecule has 0 saturated carbocycles. The van der Waals surface area contributed by atoms with E-state index in [-0.39, 0.29) is 23.2 Å². The van der Waals surface area contributed by atoms with Gasteiger partial charge in [0, 0.05) is 23.4 Å². The average molecular weight is 272 g/mol. The predicted octanol–water partition coefficient (Wildman–Crippen LogP) is 2.37. The van der Waals surface area contributed by atoms with Crippen LogP contribution in [0.2, 0.25) is 0 Å². The molecule has 0 atom stereocenters. The number of amidine groups is 1. The molecule has 0 saturated heterocycles. The molecule has 0 radical (unpaired) electrons. The molecular weight excluding hydrogens is 260 g/mol. The van der Waals surface area contributed by atoms with Crippen LogP contribution in [-0.2, 0) is 0 Å². The van der Waals surface area contributed by atoms with Crippen molar-refractivity contribution in [3.63, 3.8) is 0 Å². The fourth-order valence-electron chi connectivity index (χ4n) is 1.66. The monoisotopic (exact) mass is 272 g/mol. The van der Waals surface area contributed by atoms with Crippen molar-refractivity contribution in [2.24, 2.45) is 5.73 Å². The van der Waals surface area contributed by atoms with Crippen LogP contribution in [0.25, 0.3) is 0 Å². The maximum atomic E-state index is 11.0. The number of nitrogens with zero attached hydrogens (tertiary/aromatic N) is 2. The maximum Gasteiger partial charge on any atom is 0.314 e. The summed E-state index contributed by atoms with van der Waals surface area (Å²) in [5.74, 6) is 0.215. The summed E-state index contributed by atoms with van der Waals surface area (Å²) in [7, 11) is 0.